The molecule has 5 aliphatic carbocycles. The predicted octanol–water partition coefficient (Wildman–Crippen LogP) is 3.47. The minimum absolute atomic E-state index is 0.0725. The molecule has 2 spiro atoms. The average molecular weight is 547 g/mol. The molecule has 1 saturated heterocycles. The third-order valence-electron chi connectivity index (χ3n) is 13.8. The predicted molar refractivity (Wildman–Crippen MR) is 149 cm³/mol. The summed E-state index contributed by atoms with van der Waals surface area (Å²) in [5, 5.41) is 33.5. The molecular formula is C32H54N2O5. The molecule has 6 rings (SSSR count). The lowest BCUT2D eigenvalue weighted by Gasteiger charge is -2.63. The maximum Gasteiger partial charge on any atom is 0.219 e. The Morgan fingerprint density at radius 1 is 1.05 bits per heavy atom. The number of aliphatic hydroxyl groups is 3. The van der Waals surface area contributed by atoms with Crippen molar-refractivity contribution in [3.63, 3.8) is 0 Å². The SMILES string of the molecule is CC(=O)N(CC1C[C@@H](C)[C@H]2C(O1)C(O)[C@@]1(N)C3CC[C@H]4C(C)(C)C(O)CCC45CC35CCC21C)CC(C)(C)O. The quantitative estimate of drug-likeness (QED) is 0.429. The Labute approximate surface area is 235 Å². The van der Waals surface area contributed by atoms with Gasteiger partial charge in [0.25, 0.3) is 0 Å². The van der Waals surface area contributed by atoms with E-state index in [1.165, 1.54) is 12.8 Å². The van der Waals surface area contributed by atoms with Gasteiger partial charge < -0.3 is 30.7 Å². The number of carbonyl (C=O) groups is 1. The van der Waals surface area contributed by atoms with Gasteiger partial charge in [0.15, 0.2) is 0 Å². The van der Waals surface area contributed by atoms with Gasteiger partial charge in [-0.3, -0.25) is 4.79 Å². The summed E-state index contributed by atoms with van der Waals surface area (Å²) >= 11 is 0. The summed E-state index contributed by atoms with van der Waals surface area (Å²) in [6, 6.07) is 0. The molecule has 39 heavy (non-hydrogen) atoms. The van der Waals surface area contributed by atoms with Gasteiger partial charge in [0.2, 0.25) is 5.91 Å². The molecular weight excluding hydrogens is 492 g/mol. The van der Waals surface area contributed by atoms with Crippen LogP contribution < -0.4 is 5.73 Å². The van der Waals surface area contributed by atoms with Crippen molar-refractivity contribution in [3.8, 4) is 0 Å². The zero-order chi connectivity index (χ0) is 28.6. The Balaban J connectivity index is 1.29. The molecule has 7 heteroatoms. The minimum Gasteiger partial charge on any atom is -0.393 e. The van der Waals surface area contributed by atoms with Crippen molar-refractivity contribution in [3.05, 3.63) is 0 Å². The molecule has 0 radical (unpaired) electrons. The first-order chi connectivity index (χ1) is 17.9. The van der Waals surface area contributed by atoms with Crippen molar-refractivity contribution in [2.24, 2.45) is 51.1 Å². The van der Waals surface area contributed by atoms with Gasteiger partial charge in [0.05, 0.1) is 35.6 Å². The van der Waals surface area contributed by atoms with Crippen LogP contribution in [0, 0.1) is 45.3 Å². The molecule has 222 valence electrons. The van der Waals surface area contributed by atoms with E-state index < -0.39 is 17.2 Å². The van der Waals surface area contributed by atoms with Gasteiger partial charge in [-0.25, -0.2) is 0 Å². The molecule has 1 heterocycles. The second-order valence-corrected chi connectivity index (χ2v) is 16.5. The van der Waals surface area contributed by atoms with Crippen LogP contribution in [0.1, 0.15) is 99.8 Å². The number of rotatable bonds is 4. The van der Waals surface area contributed by atoms with Crippen LogP contribution in [-0.4, -0.2) is 74.8 Å². The summed E-state index contributed by atoms with van der Waals surface area (Å²) in [6.45, 7) is 14.8. The van der Waals surface area contributed by atoms with Crippen LogP contribution in [0.15, 0.2) is 0 Å². The second kappa shape index (κ2) is 8.43. The van der Waals surface area contributed by atoms with Crippen molar-refractivity contribution >= 4 is 5.91 Å². The van der Waals surface area contributed by atoms with Gasteiger partial charge >= 0.3 is 0 Å². The van der Waals surface area contributed by atoms with E-state index in [2.05, 4.69) is 27.7 Å². The lowest BCUT2D eigenvalue weighted by atomic mass is 9.43. The third-order valence-corrected chi connectivity index (χ3v) is 13.8. The highest BCUT2D eigenvalue weighted by molar-refractivity contribution is 5.73. The summed E-state index contributed by atoms with van der Waals surface area (Å²) in [5.41, 5.74) is 6.12. The van der Waals surface area contributed by atoms with E-state index in [4.69, 9.17) is 10.5 Å². The highest BCUT2D eigenvalue weighted by Crippen LogP contribution is 2.87. The van der Waals surface area contributed by atoms with Crippen LogP contribution in [0.5, 0.6) is 0 Å². The van der Waals surface area contributed by atoms with Gasteiger partial charge in [-0.05, 0) is 111 Å². The van der Waals surface area contributed by atoms with Crippen molar-refractivity contribution in [1.29, 1.82) is 0 Å². The lowest BCUT2D eigenvalue weighted by Crippen LogP contribution is -2.70. The number of ether oxygens (including phenoxy) is 1. The van der Waals surface area contributed by atoms with Crippen LogP contribution in [0.3, 0.4) is 0 Å². The van der Waals surface area contributed by atoms with Gasteiger partial charge in [0.1, 0.15) is 0 Å². The van der Waals surface area contributed by atoms with Crippen LogP contribution in [-0.2, 0) is 9.53 Å². The Hall–Kier alpha value is -0.730. The van der Waals surface area contributed by atoms with E-state index in [1.54, 1.807) is 25.7 Å². The number of hydrogen-bond acceptors (Lipinski definition) is 6. The van der Waals surface area contributed by atoms with Crippen LogP contribution in [0.4, 0.5) is 0 Å². The molecule has 0 aromatic heterocycles. The summed E-state index contributed by atoms with van der Waals surface area (Å²) in [4.78, 5) is 14.1. The maximum absolute atomic E-state index is 12.4. The molecule has 0 aromatic rings. The number of amides is 1. The number of fused-ring (bicyclic) bond motifs is 4. The third kappa shape index (κ3) is 3.55. The smallest absolute Gasteiger partial charge is 0.219 e. The first-order valence-electron chi connectivity index (χ1n) is 15.7. The van der Waals surface area contributed by atoms with Gasteiger partial charge in [-0.1, -0.05) is 27.7 Å². The summed E-state index contributed by atoms with van der Waals surface area (Å²) in [5.74, 6) is 1.22. The normalized spacial score (nSPS) is 53.5. The van der Waals surface area contributed by atoms with Crippen molar-refractivity contribution < 1.29 is 24.9 Å². The van der Waals surface area contributed by atoms with Gasteiger partial charge in [-0.2, -0.15) is 0 Å². The van der Waals surface area contributed by atoms with E-state index in [1.807, 2.05) is 0 Å². The molecule has 0 aromatic carbocycles. The highest BCUT2D eigenvalue weighted by Gasteiger charge is 2.85. The van der Waals surface area contributed by atoms with Crippen molar-refractivity contribution in [2.45, 2.75) is 135 Å². The van der Waals surface area contributed by atoms with Gasteiger partial charge in [0, 0.05) is 20.0 Å². The number of nitrogens with zero attached hydrogens (tertiary/aromatic N) is 1. The monoisotopic (exact) mass is 546 g/mol. The fraction of sp³-hybridized carbons (Fsp3) is 0.969. The number of aliphatic hydroxyl groups excluding tert-OH is 2. The number of hydrogen-bond donors (Lipinski definition) is 4. The Morgan fingerprint density at radius 2 is 1.69 bits per heavy atom. The molecule has 12 atom stereocenters. The minimum atomic E-state index is -0.984. The first-order valence-corrected chi connectivity index (χ1v) is 15.7. The van der Waals surface area contributed by atoms with E-state index in [-0.39, 0.29) is 64.3 Å². The summed E-state index contributed by atoms with van der Waals surface area (Å²) in [6.07, 6.45) is 6.78. The van der Waals surface area contributed by atoms with E-state index in [9.17, 15) is 20.1 Å². The molecule has 8 unspecified atom stereocenters. The molecule has 6 fully saturated rings. The van der Waals surface area contributed by atoms with Crippen LogP contribution in [0.25, 0.3) is 0 Å². The summed E-state index contributed by atoms with van der Waals surface area (Å²) < 4.78 is 6.75. The highest BCUT2D eigenvalue weighted by atomic mass is 16.5. The van der Waals surface area contributed by atoms with E-state index >= 15 is 0 Å². The molecule has 1 amide bonds. The standard InChI is InChI=1S/C32H54N2O5/c1-18-14-20(15-34(19(2)35)17-27(3,4)38)39-25-24(18)29(7)12-13-31-16-30(31)11-10-23(36)28(5,6)21(30)8-9-22(31)32(29,33)26(25)37/h18,20-26,36-38H,8-17,33H2,1-7H3/t18-,20?,21+,22?,23?,24+,25?,26?,29?,30?,31?,32+/m1/s1. The number of nitrogens with two attached hydrogens (primary N) is 1. The summed E-state index contributed by atoms with van der Waals surface area (Å²) in [7, 11) is 0. The van der Waals surface area contributed by atoms with E-state index in [0.717, 1.165) is 38.5 Å². The topological polar surface area (TPSA) is 116 Å². The Kier molecular flexibility index (Phi) is 6.14. The molecule has 6 aliphatic rings. The molecule has 0 bridgehead atoms. The van der Waals surface area contributed by atoms with Crippen LogP contribution in [0.2, 0.25) is 0 Å². The fourth-order valence-electron chi connectivity index (χ4n) is 12.2. The zero-order valence-electron chi connectivity index (χ0n) is 25.4. The Morgan fingerprint density at radius 3 is 2.33 bits per heavy atom. The lowest BCUT2D eigenvalue weighted by molar-refractivity contribution is -0.156. The fourth-order valence-corrected chi connectivity index (χ4v) is 12.2. The van der Waals surface area contributed by atoms with Gasteiger partial charge in [-0.15, -0.1) is 0 Å². The van der Waals surface area contributed by atoms with E-state index in [0.29, 0.717) is 18.4 Å². The van der Waals surface area contributed by atoms with Crippen LogP contribution >= 0.6 is 0 Å². The molecule has 1 aliphatic heterocycles. The molecule has 5 saturated carbocycles. The molecule has 5 N–H and O–H groups in total. The average Bonchev–Trinajstić information content (AvgIpc) is 3.45. The zero-order valence-corrected chi connectivity index (χ0v) is 25.4. The molecule has 7 nitrogen and oxygen atoms in total. The maximum atomic E-state index is 12.4. The Bertz CT molecular complexity index is 1030. The first kappa shape index (κ1) is 28.4. The van der Waals surface area contributed by atoms with Crippen molar-refractivity contribution in [1.82, 2.24) is 4.90 Å². The number of carbonyl (C=O) groups excluding carboxylic acids is 1. The largest absolute Gasteiger partial charge is 0.393 e. The van der Waals surface area contributed by atoms with Crippen molar-refractivity contribution in [2.75, 3.05) is 13.1 Å². The second-order valence-electron chi connectivity index (χ2n) is 16.5.